The van der Waals surface area contributed by atoms with Crippen molar-refractivity contribution < 1.29 is 9.15 Å². The first-order valence-corrected chi connectivity index (χ1v) is 17.2. The summed E-state index contributed by atoms with van der Waals surface area (Å²) in [6, 6.07) is 49.8. The standard InChI is InChI=1S/C43H40N2O2/c1-4-12-35(13-5-1)43(36-14-6-2-7-15-36,37-16-8-3-9-17-37)45-40-34-25-31-24-32(26-34)28-42(40,27-31)46-29-30-20-22-33(23-21-30)41-44-38-18-10-11-19-39(38)47-41/h1-23,31-32,34,40,45H,24-29H2. The van der Waals surface area contributed by atoms with Gasteiger partial charge in [-0.05, 0) is 96.4 Å². The van der Waals surface area contributed by atoms with E-state index in [0.29, 0.717) is 18.4 Å². The van der Waals surface area contributed by atoms with Gasteiger partial charge in [0.25, 0.3) is 0 Å². The molecule has 4 bridgehead atoms. The van der Waals surface area contributed by atoms with Crippen LogP contribution in [0.3, 0.4) is 0 Å². The van der Waals surface area contributed by atoms with Gasteiger partial charge in [-0.3, -0.25) is 5.32 Å². The fourth-order valence-corrected chi connectivity index (χ4v) is 9.44. The van der Waals surface area contributed by atoms with Crippen LogP contribution in [0.4, 0.5) is 0 Å². The molecule has 3 atom stereocenters. The Morgan fingerprint density at radius 3 is 1.79 bits per heavy atom. The molecule has 4 aliphatic carbocycles. The smallest absolute Gasteiger partial charge is 0.227 e. The van der Waals surface area contributed by atoms with Crippen LogP contribution in [0.5, 0.6) is 0 Å². The lowest BCUT2D eigenvalue weighted by Gasteiger charge is -2.62. The number of aromatic nitrogens is 1. The molecule has 4 heteroatoms. The highest BCUT2D eigenvalue weighted by molar-refractivity contribution is 5.76. The van der Waals surface area contributed by atoms with E-state index in [9.17, 15) is 0 Å². The Morgan fingerprint density at radius 2 is 1.21 bits per heavy atom. The zero-order valence-corrected chi connectivity index (χ0v) is 26.6. The molecule has 0 spiro atoms. The third-order valence-electron chi connectivity index (χ3n) is 11.3. The van der Waals surface area contributed by atoms with Crippen molar-refractivity contribution >= 4 is 11.1 Å². The molecule has 234 valence electrons. The zero-order valence-electron chi connectivity index (χ0n) is 26.6. The van der Waals surface area contributed by atoms with Crippen molar-refractivity contribution in [3.63, 3.8) is 0 Å². The largest absolute Gasteiger partial charge is 0.436 e. The van der Waals surface area contributed by atoms with Crippen molar-refractivity contribution in [1.82, 2.24) is 10.3 Å². The summed E-state index contributed by atoms with van der Waals surface area (Å²) in [5.74, 6) is 2.72. The number of nitrogens with zero attached hydrogens (tertiary/aromatic N) is 1. The highest BCUT2D eigenvalue weighted by atomic mass is 16.5. The monoisotopic (exact) mass is 616 g/mol. The Balaban J connectivity index is 1.07. The summed E-state index contributed by atoms with van der Waals surface area (Å²) in [5.41, 5.74) is 6.90. The van der Waals surface area contributed by atoms with Gasteiger partial charge in [0.15, 0.2) is 5.58 Å². The summed E-state index contributed by atoms with van der Waals surface area (Å²) in [6.07, 6.45) is 6.16. The van der Waals surface area contributed by atoms with E-state index in [1.807, 2.05) is 24.3 Å². The second kappa shape index (κ2) is 11.6. The fraction of sp³-hybridized carbons (Fsp3) is 0.279. The SMILES string of the molecule is c1ccc(C(NC2C3CC4CC(C3)CC2(OCc2ccc(-c3nc5ccccc5o3)cc2)C4)(c2ccccc2)c2ccccc2)cc1. The molecule has 4 aliphatic rings. The van der Waals surface area contributed by atoms with Crippen LogP contribution in [-0.4, -0.2) is 16.6 Å². The maximum atomic E-state index is 7.29. The van der Waals surface area contributed by atoms with Crippen molar-refractivity contribution in [2.45, 2.75) is 55.9 Å². The number of benzene rings is 5. The molecule has 4 fully saturated rings. The van der Waals surface area contributed by atoms with Crippen LogP contribution in [0, 0.1) is 17.8 Å². The highest BCUT2D eigenvalue weighted by Gasteiger charge is 2.59. The molecule has 47 heavy (non-hydrogen) atoms. The van der Waals surface area contributed by atoms with Crippen LogP contribution < -0.4 is 5.32 Å². The van der Waals surface area contributed by atoms with Crippen LogP contribution in [0.25, 0.3) is 22.6 Å². The van der Waals surface area contributed by atoms with E-state index in [4.69, 9.17) is 14.1 Å². The lowest BCUT2D eigenvalue weighted by atomic mass is 9.51. The quantitative estimate of drug-likeness (QED) is 0.164. The number of nitrogens with one attached hydrogen (secondary N) is 1. The summed E-state index contributed by atoms with van der Waals surface area (Å²) in [5, 5.41) is 4.44. The van der Waals surface area contributed by atoms with E-state index >= 15 is 0 Å². The second-order valence-corrected chi connectivity index (χ2v) is 14.1. The summed E-state index contributed by atoms with van der Waals surface area (Å²) >= 11 is 0. The first-order chi connectivity index (χ1) is 23.2. The average Bonchev–Trinajstić information content (AvgIpc) is 3.57. The molecule has 1 aromatic heterocycles. The topological polar surface area (TPSA) is 47.3 Å². The predicted molar refractivity (Wildman–Crippen MR) is 187 cm³/mol. The van der Waals surface area contributed by atoms with Gasteiger partial charge >= 0.3 is 0 Å². The van der Waals surface area contributed by atoms with E-state index < -0.39 is 5.54 Å². The molecular formula is C43H40N2O2. The van der Waals surface area contributed by atoms with Crippen molar-refractivity contribution in [1.29, 1.82) is 0 Å². The third-order valence-corrected chi connectivity index (χ3v) is 11.3. The molecule has 3 unspecified atom stereocenters. The number of hydrogen-bond acceptors (Lipinski definition) is 4. The molecule has 6 aromatic rings. The molecule has 10 rings (SSSR count). The van der Waals surface area contributed by atoms with Gasteiger partial charge in [0.2, 0.25) is 5.89 Å². The molecule has 5 aromatic carbocycles. The Kier molecular flexibility index (Phi) is 7.10. The van der Waals surface area contributed by atoms with E-state index in [2.05, 4.69) is 121 Å². The van der Waals surface area contributed by atoms with E-state index in [0.717, 1.165) is 41.3 Å². The molecule has 4 nitrogen and oxygen atoms in total. The Bertz CT molecular complexity index is 1830. The summed E-state index contributed by atoms with van der Waals surface area (Å²) in [7, 11) is 0. The number of rotatable bonds is 9. The first kappa shape index (κ1) is 28.7. The molecule has 0 saturated heterocycles. The van der Waals surface area contributed by atoms with Gasteiger partial charge in [-0.25, -0.2) is 4.98 Å². The number of hydrogen-bond donors (Lipinski definition) is 1. The lowest BCUT2D eigenvalue weighted by molar-refractivity contribution is -0.192. The molecule has 1 heterocycles. The highest BCUT2D eigenvalue weighted by Crippen LogP contribution is 2.58. The third kappa shape index (κ3) is 5.02. The molecule has 0 aliphatic heterocycles. The van der Waals surface area contributed by atoms with E-state index in [1.165, 1.54) is 41.5 Å². The van der Waals surface area contributed by atoms with Gasteiger partial charge in [-0.15, -0.1) is 0 Å². The lowest BCUT2D eigenvalue weighted by Crippen LogP contribution is -2.69. The van der Waals surface area contributed by atoms with Crippen molar-refractivity contribution in [2.75, 3.05) is 0 Å². The van der Waals surface area contributed by atoms with Gasteiger partial charge in [-0.2, -0.15) is 0 Å². The predicted octanol–water partition coefficient (Wildman–Crippen LogP) is 9.54. The van der Waals surface area contributed by atoms with Crippen molar-refractivity contribution in [2.24, 2.45) is 17.8 Å². The van der Waals surface area contributed by atoms with Gasteiger partial charge < -0.3 is 9.15 Å². The maximum absolute atomic E-state index is 7.29. The Morgan fingerprint density at radius 1 is 0.660 bits per heavy atom. The minimum atomic E-state index is -0.512. The first-order valence-electron chi connectivity index (χ1n) is 17.2. The summed E-state index contributed by atoms with van der Waals surface area (Å²) < 4.78 is 13.3. The number of fused-ring (bicyclic) bond motifs is 1. The van der Waals surface area contributed by atoms with E-state index in [1.54, 1.807) is 0 Å². The molecule has 0 amide bonds. The normalized spacial score (nSPS) is 24.9. The minimum Gasteiger partial charge on any atom is -0.436 e. The summed E-state index contributed by atoms with van der Waals surface area (Å²) in [4.78, 5) is 4.70. The van der Waals surface area contributed by atoms with Crippen LogP contribution in [0.1, 0.15) is 54.4 Å². The Labute approximate surface area is 276 Å². The minimum absolute atomic E-state index is 0.218. The second-order valence-electron chi connectivity index (χ2n) is 14.1. The number of oxazole rings is 1. The van der Waals surface area contributed by atoms with Gasteiger partial charge in [0.1, 0.15) is 5.52 Å². The van der Waals surface area contributed by atoms with Gasteiger partial charge in [0, 0.05) is 11.6 Å². The fourth-order valence-electron chi connectivity index (χ4n) is 9.44. The Hall–Kier alpha value is -4.51. The van der Waals surface area contributed by atoms with Gasteiger partial charge in [0.05, 0.1) is 17.7 Å². The maximum Gasteiger partial charge on any atom is 0.227 e. The summed E-state index contributed by atoms with van der Waals surface area (Å²) in [6.45, 7) is 0.590. The van der Waals surface area contributed by atoms with Crippen LogP contribution in [0.15, 0.2) is 144 Å². The van der Waals surface area contributed by atoms with Gasteiger partial charge in [-0.1, -0.05) is 115 Å². The zero-order chi connectivity index (χ0) is 31.3. The van der Waals surface area contributed by atoms with E-state index in [-0.39, 0.29) is 11.6 Å². The molecular weight excluding hydrogens is 576 g/mol. The average molecular weight is 617 g/mol. The van der Waals surface area contributed by atoms with Crippen LogP contribution in [-0.2, 0) is 16.9 Å². The van der Waals surface area contributed by atoms with Crippen molar-refractivity contribution in [3.05, 3.63) is 162 Å². The molecule has 1 N–H and O–H groups in total. The van der Waals surface area contributed by atoms with Crippen LogP contribution >= 0.6 is 0 Å². The van der Waals surface area contributed by atoms with Crippen LogP contribution in [0.2, 0.25) is 0 Å². The molecule has 0 radical (unpaired) electrons. The van der Waals surface area contributed by atoms with Crippen molar-refractivity contribution in [3.8, 4) is 11.5 Å². The number of para-hydroxylation sites is 2. The number of ether oxygens (including phenoxy) is 1. The molecule has 4 saturated carbocycles.